The minimum Gasteiger partial charge on any atom is -0.369 e. The molecule has 0 amide bonds. The Morgan fingerprint density at radius 3 is 2.94 bits per heavy atom. The number of hydrogen-bond acceptors (Lipinski definition) is 3. The second-order valence-electron chi connectivity index (χ2n) is 6.23. The summed E-state index contributed by atoms with van der Waals surface area (Å²) in [6, 6.07) is 4.29. The maximum atomic E-state index is 9.20. The van der Waals surface area contributed by atoms with E-state index in [-0.39, 0.29) is 0 Å². The molecule has 1 aromatic rings. The molecule has 1 atom stereocenters. The van der Waals surface area contributed by atoms with Gasteiger partial charge in [-0.1, -0.05) is 13.8 Å². The van der Waals surface area contributed by atoms with Gasteiger partial charge in [-0.3, -0.25) is 0 Å². The van der Waals surface area contributed by atoms with E-state index >= 15 is 0 Å². The number of rotatable bonds is 3. The summed E-state index contributed by atoms with van der Waals surface area (Å²) in [6.07, 6.45) is 4.58. The molecule has 2 aliphatic rings. The Morgan fingerprint density at radius 1 is 1.50 bits per heavy atom. The van der Waals surface area contributed by atoms with E-state index < -0.39 is 0 Å². The highest BCUT2D eigenvalue weighted by atomic mass is 15.0. The zero-order valence-electron chi connectivity index (χ0n) is 11.1. The van der Waals surface area contributed by atoms with Crippen LogP contribution in [0.1, 0.15) is 43.5 Å². The highest BCUT2D eigenvalue weighted by Crippen LogP contribution is 2.51. The van der Waals surface area contributed by atoms with E-state index in [0.29, 0.717) is 11.0 Å². The van der Waals surface area contributed by atoms with Gasteiger partial charge in [-0.05, 0) is 48.6 Å². The average molecular weight is 241 g/mol. The number of nitrogens with one attached hydrogen (secondary N) is 1. The van der Waals surface area contributed by atoms with Crippen LogP contribution in [0.25, 0.3) is 0 Å². The summed E-state index contributed by atoms with van der Waals surface area (Å²) in [5, 5.41) is 12.6. The van der Waals surface area contributed by atoms with Gasteiger partial charge in [0, 0.05) is 12.2 Å². The van der Waals surface area contributed by atoms with E-state index in [1.54, 1.807) is 0 Å². The van der Waals surface area contributed by atoms with Crippen molar-refractivity contribution < 1.29 is 0 Å². The summed E-state index contributed by atoms with van der Waals surface area (Å²) < 4.78 is 0. The van der Waals surface area contributed by atoms with E-state index in [1.165, 1.54) is 24.1 Å². The molecule has 18 heavy (non-hydrogen) atoms. The minimum absolute atomic E-state index is 0.469. The fraction of sp³-hybridized carbons (Fsp3) is 0.600. The molecule has 3 nitrogen and oxygen atoms in total. The molecule has 1 fully saturated rings. The largest absolute Gasteiger partial charge is 0.369 e. The lowest BCUT2D eigenvalue weighted by Crippen LogP contribution is -2.10. The number of aryl methyl sites for hydroxylation is 2. The lowest BCUT2D eigenvalue weighted by Gasteiger charge is -2.10. The van der Waals surface area contributed by atoms with Gasteiger partial charge in [0.15, 0.2) is 0 Å². The standard InChI is InChI=1S/C15H19N3/c1-15(2)7-12(15)9-17-14-11(8-16)6-10-4-3-5-13(10)18-14/h6,12H,3-5,7,9H2,1-2H3,(H,17,18). The Morgan fingerprint density at radius 2 is 2.28 bits per heavy atom. The number of nitriles is 1. The summed E-state index contributed by atoms with van der Waals surface area (Å²) in [5.41, 5.74) is 3.63. The molecule has 3 heteroatoms. The molecule has 0 aromatic carbocycles. The SMILES string of the molecule is CC1(C)CC1CNc1nc2c(cc1C#N)CCC2. The highest BCUT2D eigenvalue weighted by molar-refractivity contribution is 5.55. The van der Waals surface area contributed by atoms with E-state index in [4.69, 9.17) is 0 Å². The van der Waals surface area contributed by atoms with Crippen molar-refractivity contribution in [3.8, 4) is 6.07 Å². The third-order valence-corrected chi connectivity index (χ3v) is 4.40. The summed E-state index contributed by atoms with van der Waals surface area (Å²) in [4.78, 5) is 4.64. The topological polar surface area (TPSA) is 48.7 Å². The summed E-state index contributed by atoms with van der Waals surface area (Å²) in [7, 11) is 0. The molecule has 1 aromatic heterocycles. The molecule has 94 valence electrons. The van der Waals surface area contributed by atoms with Gasteiger partial charge in [0.05, 0.1) is 5.56 Å². The van der Waals surface area contributed by atoms with Crippen LogP contribution in [-0.4, -0.2) is 11.5 Å². The van der Waals surface area contributed by atoms with E-state index in [2.05, 4.69) is 30.2 Å². The second-order valence-corrected chi connectivity index (χ2v) is 6.23. The molecule has 0 bridgehead atoms. The Balaban J connectivity index is 1.77. The van der Waals surface area contributed by atoms with Crippen LogP contribution < -0.4 is 5.32 Å². The summed E-state index contributed by atoms with van der Waals surface area (Å²) in [5.74, 6) is 1.51. The second kappa shape index (κ2) is 3.98. The van der Waals surface area contributed by atoms with Crippen LogP contribution in [0.2, 0.25) is 0 Å². The molecule has 0 spiro atoms. The Kier molecular flexibility index (Phi) is 2.55. The van der Waals surface area contributed by atoms with Crippen molar-refractivity contribution in [1.29, 1.82) is 5.26 Å². The average Bonchev–Trinajstić information content (AvgIpc) is 2.76. The molecule has 2 aliphatic carbocycles. The first kappa shape index (κ1) is 11.5. The van der Waals surface area contributed by atoms with Gasteiger partial charge in [0.1, 0.15) is 11.9 Å². The smallest absolute Gasteiger partial charge is 0.144 e. The van der Waals surface area contributed by atoms with Crippen molar-refractivity contribution in [3.05, 3.63) is 22.9 Å². The fourth-order valence-electron chi connectivity index (χ4n) is 2.84. The van der Waals surface area contributed by atoms with Crippen LogP contribution in [-0.2, 0) is 12.8 Å². The minimum atomic E-state index is 0.469. The highest BCUT2D eigenvalue weighted by Gasteiger charge is 2.45. The Bertz CT molecular complexity index is 525. The van der Waals surface area contributed by atoms with Crippen molar-refractivity contribution in [2.75, 3.05) is 11.9 Å². The Labute approximate surface area is 108 Å². The summed E-state index contributed by atoms with van der Waals surface area (Å²) >= 11 is 0. The van der Waals surface area contributed by atoms with Gasteiger partial charge in [0.25, 0.3) is 0 Å². The molecule has 1 saturated carbocycles. The third kappa shape index (κ3) is 1.96. The van der Waals surface area contributed by atoms with E-state index in [1.807, 2.05) is 6.07 Å². The normalized spacial score (nSPS) is 23.3. The van der Waals surface area contributed by atoms with Crippen LogP contribution in [0.3, 0.4) is 0 Å². The number of anilines is 1. The van der Waals surface area contributed by atoms with Gasteiger partial charge >= 0.3 is 0 Å². The number of fused-ring (bicyclic) bond motifs is 1. The predicted molar refractivity (Wildman–Crippen MR) is 71.4 cm³/mol. The molecule has 3 rings (SSSR count). The summed E-state index contributed by atoms with van der Waals surface area (Å²) in [6.45, 7) is 5.52. The maximum absolute atomic E-state index is 9.20. The first-order valence-electron chi connectivity index (χ1n) is 6.77. The molecule has 1 heterocycles. The van der Waals surface area contributed by atoms with Gasteiger partial charge in [-0.15, -0.1) is 0 Å². The molecule has 0 saturated heterocycles. The monoisotopic (exact) mass is 241 g/mol. The first-order valence-corrected chi connectivity index (χ1v) is 6.77. The zero-order valence-corrected chi connectivity index (χ0v) is 11.1. The Hall–Kier alpha value is -1.56. The predicted octanol–water partition coefficient (Wildman–Crippen LogP) is 2.90. The number of hydrogen-bond donors (Lipinski definition) is 1. The van der Waals surface area contributed by atoms with Crippen LogP contribution in [0.4, 0.5) is 5.82 Å². The van der Waals surface area contributed by atoms with Crippen LogP contribution in [0, 0.1) is 22.7 Å². The third-order valence-electron chi connectivity index (χ3n) is 4.40. The maximum Gasteiger partial charge on any atom is 0.144 e. The molecule has 1 unspecified atom stereocenters. The van der Waals surface area contributed by atoms with Gasteiger partial charge in [0.2, 0.25) is 0 Å². The van der Waals surface area contributed by atoms with Crippen molar-refractivity contribution in [3.63, 3.8) is 0 Å². The molecular weight excluding hydrogens is 222 g/mol. The van der Waals surface area contributed by atoms with Crippen LogP contribution >= 0.6 is 0 Å². The fourth-order valence-corrected chi connectivity index (χ4v) is 2.84. The van der Waals surface area contributed by atoms with Gasteiger partial charge in [-0.25, -0.2) is 4.98 Å². The number of nitrogens with zero attached hydrogens (tertiary/aromatic N) is 2. The lowest BCUT2D eigenvalue weighted by atomic mass is 10.1. The van der Waals surface area contributed by atoms with Crippen LogP contribution in [0.5, 0.6) is 0 Å². The molecule has 0 radical (unpaired) electrons. The number of aromatic nitrogens is 1. The van der Waals surface area contributed by atoms with E-state index in [0.717, 1.165) is 31.1 Å². The lowest BCUT2D eigenvalue weighted by molar-refractivity contribution is 0.572. The molecule has 1 N–H and O–H groups in total. The molecular formula is C15H19N3. The van der Waals surface area contributed by atoms with E-state index in [9.17, 15) is 5.26 Å². The van der Waals surface area contributed by atoms with Crippen molar-refractivity contribution in [1.82, 2.24) is 4.98 Å². The molecule has 0 aliphatic heterocycles. The quantitative estimate of drug-likeness (QED) is 0.885. The van der Waals surface area contributed by atoms with Crippen molar-refractivity contribution in [2.45, 2.75) is 39.5 Å². The van der Waals surface area contributed by atoms with Crippen molar-refractivity contribution >= 4 is 5.82 Å². The number of pyridine rings is 1. The van der Waals surface area contributed by atoms with Gasteiger partial charge < -0.3 is 5.32 Å². The van der Waals surface area contributed by atoms with Gasteiger partial charge in [-0.2, -0.15) is 5.26 Å². The zero-order chi connectivity index (χ0) is 12.8. The first-order chi connectivity index (χ1) is 8.60. The van der Waals surface area contributed by atoms with Crippen LogP contribution in [0.15, 0.2) is 6.07 Å². The van der Waals surface area contributed by atoms with Crippen molar-refractivity contribution in [2.24, 2.45) is 11.3 Å².